The Bertz CT molecular complexity index is 849. The molecule has 1 fully saturated rings. The van der Waals surface area contributed by atoms with Crippen molar-refractivity contribution in [2.24, 2.45) is 0 Å². The normalized spacial score (nSPS) is 18.2. The summed E-state index contributed by atoms with van der Waals surface area (Å²) in [6, 6.07) is 14.9. The predicted octanol–water partition coefficient (Wildman–Crippen LogP) is 4.77. The first-order chi connectivity index (χ1) is 11.7. The molecule has 1 atom stereocenters. The van der Waals surface area contributed by atoms with Crippen LogP contribution < -0.4 is 0 Å². The second-order valence-corrected chi connectivity index (χ2v) is 7.56. The maximum atomic E-state index is 13.2. The van der Waals surface area contributed by atoms with Gasteiger partial charge >= 0.3 is 0 Å². The van der Waals surface area contributed by atoms with Crippen LogP contribution in [-0.4, -0.2) is 28.0 Å². The summed E-state index contributed by atoms with van der Waals surface area (Å²) in [4.78, 5) is 15.3. The summed E-state index contributed by atoms with van der Waals surface area (Å²) >= 11 is 1.71. The Labute approximate surface area is 146 Å². The lowest BCUT2D eigenvalue weighted by atomic mass is 10.0. The predicted molar refractivity (Wildman–Crippen MR) is 99.7 cm³/mol. The molecular formula is C20H22N2OS. The Hall–Kier alpha value is -2.07. The third kappa shape index (κ3) is 2.75. The van der Waals surface area contributed by atoms with Gasteiger partial charge in [0.05, 0.1) is 10.2 Å². The van der Waals surface area contributed by atoms with E-state index in [0.717, 1.165) is 37.1 Å². The van der Waals surface area contributed by atoms with Gasteiger partial charge in [-0.1, -0.05) is 30.3 Å². The molecule has 0 radical (unpaired) electrons. The van der Waals surface area contributed by atoms with E-state index in [9.17, 15) is 4.79 Å². The maximum absolute atomic E-state index is 13.2. The fourth-order valence-electron chi connectivity index (χ4n) is 3.64. The summed E-state index contributed by atoms with van der Waals surface area (Å²) in [5.41, 5.74) is 3.22. The minimum Gasteiger partial charge on any atom is -0.335 e. The van der Waals surface area contributed by atoms with Crippen LogP contribution >= 0.6 is 11.3 Å². The molecule has 1 amide bonds. The van der Waals surface area contributed by atoms with Gasteiger partial charge in [-0.25, -0.2) is 0 Å². The number of thiophene rings is 1. The third-order valence-corrected chi connectivity index (χ3v) is 5.84. The Balaban J connectivity index is 1.73. The van der Waals surface area contributed by atoms with E-state index in [1.165, 1.54) is 16.7 Å². The van der Waals surface area contributed by atoms with Crippen molar-refractivity contribution in [3.05, 3.63) is 59.1 Å². The van der Waals surface area contributed by atoms with E-state index >= 15 is 0 Å². The van der Waals surface area contributed by atoms with Gasteiger partial charge in [0.15, 0.2) is 0 Å². The minimum atomic E-state index is 0.182. The first-order valence-electron chi connectivity index (χ1n) is 8.65. The van der Waals surface area contributed by atoms with Crippen LogP contribution in [0.3, 0.4) is 0 Å². The van der Waals surface area contributed by atoms with Crippen LogP contribution in [-0.2, 0) is 6.54 Å². The van der Waals surface area contributed by atoms with Gasteiger partial charge in [0.1, 0.15) is 5.69 Å². The number of carbonyl (C=O) groups excluding carboxylic acids is 1. The van der Waals surface area contributed by atoms with Crippen LogP contribution in [0.15, 0.2) is 47.8 Å². The molecule has 3 heterocycles. The molecule has 0 bridgehead atoms. The number of amides is 1. The average Bonchev–Trinajstić information content (AvgIpc) is 3.18. The van der Waals surface area contributed by atoms with Gasteiger partial charge in [-0.2, -0.15) is 0 Å². The molecule has 1 aromatic carbocycles. The van der Waals surface area contributed by atoms with Crippen molar-refractivity contribution in [3.8, 4) is 0 Å². The van der Waals surface area contributed by atoms with Gasteiger partial charge in [0.2, 0.25) is 0 Å². The Kier molecular flexibility index (Phi) is 4.15. The largest absolute Gasteiger partial charge is 0.335 e. The highest BCUT2D eigenvalue weighted by Crippen LogP contribution is 2.28. The molecule has 3 aromatic rings. The van der Waals surface area contributed by atoms with Crippen molar-refractivity contribution >= 4 is 27.5 Å². The molecule has 124 valence electrons. The second-order valence-electron chi connectivity index (χ2n) is 6.61. The average molecular weight is 338 g/mol. The SMILES string of the molecule is C[C@@H]1CCCCN1C(=O)c1cc2sccc2n1Cc1ccccc1. The van der Waals surface area contributed by atoms with Crippen molar-refractivity contribution in [1.82, 2.24) is 9.47 Å². The lowest BCUT2D eigenvalue weighted by Gasteiger charge is -2.33. The van der Waals surface area contributed by atoms with E-state index in [4.69, 9.17) is 0 Å². The van der Waals surface area contributed by atoms with Gasteiger partial charge < -0.3 is 9.47 Å². The Morgan fingerprint density at radius 1 is 1.21 bits per heavy atom. The highest BCUT2D eigenvalue weighted by atomic mass is 32.1. The molecular weight excluding hydrogens is 316 g/mol. The van der Waals surface area contributed by atoms with E-state index in [2.05, 4.69) is 58.2 Å². The summed E-state index contributed by atoms with van der Waals surface area (Å²) in [5.74, 6) is 0.182. The number of carbonyl (C=O) groups is 1. The van der Waals surface area contributed by atoms with E-state index < -0.39 is 0 Å². The number of aromatic nitrogens is 1. The number of benzene rings is 1. The number of hydrogen-bond acceptors (Lipinski definition) is 2. The lowest BCUT2D eigenvalue weighted by Crippen LogP contribution is -2.42. The van der Waals surface area contributed by atoms with Crippen LogP contribution in [0.25, 0.3) is 10.2 Å². The summed E-state index contributed by atoms with van der Waals surface area (Å²) in [7, 11) is 0. The van der Waals surface area contributed by atoms with Crippen LogP contribution in [0.2, 0.25) is 0 Å². The minimum absolute atomic E-state index is 0.182. The second kappa shape index (κ2) is 6.44. The first-order valence-corrected chi connectivity index (χ1v) is 9.53. The molecule has 1 saturated heterocycles. The van der Waals surface area contributed by atoms with Crippen molar-refractivity contribution in [2.75, 3.05) is 6.54 Å². The summed E-state index contributed by atoms with van der Waals surface area (Å²) in [5, 5.41) is 2.10. The summed E-state index contributed by atoms with van der Waals surface area (Å²) < 4.78 is 3.38. The zero-order chi connectivity index (χ0) is 16.5. The first kappa shape index (κ1) is 15.5. The van der Waals surface area contributed by atoms with Crippen molar-refractivity contribution < 1.29 is 4.79 Å². The van der Waals surface area contributed by atoms with E-state index in [-0.39, 0.29) is 5.91 Å². The number of fused-ring (bicyclic) bond motifs is 1. The van der Waals surface area contributed by atoms with Crippen LogP contribution in [0.5, 0.6) is 0 Å². The van der Waals surface area contributed by atoms with Gasteiger partial charge in [-0.3, -0.25) is 4.79 Å². The van der Waals surface area contributed by atoms with E-state index in [1.807, 2.05) is 6.07 Å². The molecule has 4 heteroatoms. The molecule has 0 spiro atoms. The molecule has 0 unspecified atom stereocenters. The van der Waals surface area contributed by atoms with Crippen molar-refractivity contribution in [1.29, 1.82) is 0 Å². The quantitative estimate of drug-likeness (QED) is 0.675. The molecule has 0 N–H and O–H groups in total. The maximum Gasteiger partial charge on any atom is 0.270 e. The number of rotatable bonds is 3. The van der Waals surface area contributed by atoms with E-state index in [1.54, 1.807) is 11.3 Å². The molecule has 4 rings (SSSR count). The lowest BCUT2D eigenvalue weighted by molar-refractivity contribution is 0.0625. The monoisotopic (exact) mass is 338 g/mol. The third-order valence-electron chi connectivity index (χ3n) is 4.99. The Morgan fingerprint density at radius 2 is 2.04 bits per heavy atom. The zero-order valence-corrected chi connectivity index (χ0v) is 14.8. The van der Waals surface area contributed by atoms with Crippen molar-refractivity contribution in [3.63, 3.8) is 0 Å². The van der Waals surface area contributed by atoms with Gasteiger partial charge in [-0.15, -0.1) is 11.3 Å². The van der Waals surface area contributed by atoms with Gasteiger partial charge in [-0.05, 0) is 49.3 Å². The Morgan fingerprint density at radius 3 is 2.83 bits per heavy atom. The van der Waals surface area contributed by atoms with Crippen molar-refractivity contribution in [2.45, 2.75) is 38.8 Å². The molecule has 24 heavy (non-hydrogen) atoms. The smallest absolute Gasteiger partial charge is 0.270 e. The highest BCUT2D eigenvalue weighted by Gasteiger charge is 2.27. The fraction of sp³-hybridized carbons (Fsp3) is 0.350. The number of nitrogens with zero attached hydrogens (tertiary/aromatic N) is 2. The number of likely N-dealkylation sites (tertiary alicyclic amines) is 1. The molecule has 1 aliphatic rings. The molecule has 2 aromatic heterocycles. The summed E-state index contributed by atoms with van der Waals surface area (Å²) in [6.45, 7) is 3.79. The van der Waals surface area contributed by atoms with Gasteiger partial charge in [0.25, 0.3) is 5.91 Å². The topological polar surface area (TPSA) is 25.2 Å². The molecule has 0 aliphatic carbocycles. The zero-order valence-electron chi connectivity index (χ0n) is 13.9. The van der Waals surface area contributed by atoms with Crippen LogP contribution in [0, 0.1) is 0 Å². The molecule has 0 saturated carbocycles. The highest BCUT2D eigenvalue weighted by molar-refractivity contribution is 7.17. The standard InChI is InChI=1S/C20H22N2OS/c1-15-7-5-6-11-21(15)20(23)18-13-19-17(10-12-24-19)22(18)14-16-8-3-2-4-9-16/h2-4,8-10,12-13,15H,5-7,11,14H2,1H3/t15-/m1/s1. The number of piperidine rings is 1. The fourth-order valence-corrected chi connectivity index (χ4v) is 4.46. The van der Waals surface area contributed by atoms with E-state index in [0.29, 0.717) is 6.04 Å². The van der Waals surface area contributed by atoms with Crippen LogP contribution in [0.4, 0.5) is 0 Å². The molecule has 3 nitrogen and oxygen atoms in total. The number of hydrogen-bond donors (Lipinski definition) is 0. The summed E-state index contributed by atoms with van der Waals surface area (Å²) in [6.07, 6.45) is 3.45. The van der Waals surface area contributed by atoms with Crippen LogP contribution in [0.1, 0.15) is 42.2 Å². The molecule has 1 aliphatic heterocycles. The van der Waals surface area contributed by atoms with Gasteiger partial charge in [0, 0.05) is 19.1 Å².